The van der Waals surface area contributed by atoms with Crippen LogP contribution in [0, 0.1) is 0 Å². The minimum atomic E-state index is -4.77. The lowest BCUT2D eigenvalue weighted by atomic mass is 9.67. The highest BCUT2D eigenvalue weighted by molar-refractivity contribution is 7.86. The van der Waals surface area contributed by atoms with Gasteiger partial charge in [-0.15, -0.1) is 13.2 Å². The van der Waals surface area contributed by atoms with Crippen molar-refractivity contribution in [2.75, 3.05) is 11.6 Å². The van der Waals surface area contributed by atoms with Crippen LogP contribution in [0.1, 0.15) is 48.6 Å². The second-order valence-electron chi connectivity index (χ2n) is 7.34. The van der Waals surface area contributed by atoms with Crippen molar-refractivity contribution >= 4 is 21.5 Å². The van der Waals surface area contributed by atoms with Gasteiger partial charge < -0.3 is 14.2 Å². The van der Waals surface area contributed by atoms with E-state index < -0.39 is 16.5 Å². The molecule has 1 N–H and O–H groups in total. The Bertz CT molecular complexity index is 1030. The fourth-order valence-electron chi connectivity index (χ4n) is 4.26. The van der Waals surface area contributed by atoms with Gasteiger partial charge in [0.1, 0.15) is 5.75 Å². The zero-order valence-corrected chi connectivity index (χ0v) is 16.3. The summed E-state index contributed by atoms with van der Waals surface area (Å²) in [6.45, 7) is 0. The zero-order chi connectivity index (χ0) is 20.8. The monoisotopic (exact) mass is 428 g/mol. The fraction of sp³-hybridized carbons (Fsp3) is 0.421. The summed E-state index contributed by atoms with van der Waals surface area (Å²) < 4.78 is 69.8. The van der Waals surface area contributed by atoms with Gasteiger partial charge in [-0.3, -0.25) is 0 Å². The van der Waals surface area contributed by atoms with Gasteiger partial charge in [-0.1, -0.05) is 6.07 Å². The van der Waals surface area contributed by atoms with E-state index in [-0.39, 0.29) is 23.5 Å². The molecule has 0 saturated heterocycles. The molecular formula is C19H19F3N2O4S. The molecule has 3 aliphatic carbocycles. The predicted molar refractivity (Wildman–Crippen MR) is 100 cm³/mol. The summed E-state index contributed by atoms with van der Waals surface area (Å²) in [5.74, 6) is 0.136. The molecule has 1 aromatic heterocycles. The first kappa shape index (κ1) is 19.8. The van der Waals surface area contributed by atoms with Crippen LogP contribution in [-0.2, 0) is 10.1 Å². The van der Waals surface area contributed by atoms with Crippen LogP contribution in [0.15, 0.2) is 30.5 Å². The molecule has 1 aromatic carbocycles. The van der Waals surface area contributed by atoms with Crippen molar-refractivity contribution in [1.29, 1.82) is 0 Å². The van der Waals surface area contributed by atoms with Crippen LogP contribution in [0.3, 0.4) is 0 Å². The first-order valence-corrected chi connectivity index (χ1v) is 11.0. The van der Waals surface area contributed by atoms with Crippen molar-refractivity contribution in [3.8, 4) is 11.6 Å². The molecule has 29 heavy (non-hydrogen) atoms. The van der Waals surface area contributed by atoms with E-state index in [9.17, 15) is 21.6 Å². The minimum Gasteiger partial charge on any atom is -0.406 e. The molecule has 10 heteroatoms. The molecule has 1 heterocycles. The summed E-state index contributed by atoms with van der Waals surface area (Å²) in [5, 5.41) is 3.12. The summed E-state index contributed by atoms with van der Waals surface area (Å²) >= 11 is 0. The highest BCUT2D eigenvalue weighted by Gasteiger charge is 2.38. The van der Waals surface area contributed by atoms with E-state index in [1.807, 2.05) is 0 Å². The third-order valence-electron chi connectivity index (χ3n) is 5.24. The number of hydrogen-bond acceptors (Lipinski definition) is 6. The SMILES string of the molecule is CS(=O)(=O)Oc1ncc(Nc2cccc(OC(F)(F)F)c2)c2c1C1CCC2CC1. The summed E-state index contributed by atoms with van der Waals surface area (Å²) in [5.41, 5.74) is 2.77. The molecular weight excluding hydrogens is 409 g/mol. The van der Waals surface area contributed by atoms with E-state index in [1.54, 1.807) is 6.07 Å². The van der Waals surface area contributed by atoms with Crippen molar-refractivity contribution in [1.82, 2.24) is 4.98 Å². The van der Waals surface area contributed by atoms with Gasteiger partial charge in [0.05, 0.1) is 18.1 Å². The van der Waals surface area contributed by atoms with Crippen LogP contribution in [0.25, 0.3) is 0 Å². The highest BCUT2D eigenvalue weighted by atomic mass is 32.2. The van der Waals surface area contributed by atoms with Crippen LogP contribution < -0.4 is 14.2 Å². The number of nitrogens with one attached hydrogen (secondary N) is 1. The van der Waals surface area contributed by atoms with E-state index in [2.05, 4.69) is 15.0 Å². The molecule has 2 aromatic rings. The average molecular weight is 428 g/mol. The number of nitrogens with zero attached hydrogens (tertiary/aromatic N) is 1. The zero-order valence-electron chi connectivity index (χ0n) is 15.5. The highest BCUT2D eigenvalue weighted by Crippen LogP contribution is 2.54. The Labute approximate surface area is 166 Å². The number of alkyl halides is 3. The Morgan fingerprint density at radius 3 is 2.38 bits per heavy atom. The topological polar surface area (TPSA) is 77.5 Å². The Morgan fingerprint density at radius 2 is 1.76 bits per heavy atom. The third-order valence-corrected chi connectivity index (χ3v) is 5.70. The number of pyridine rings is 1. The molecule has 5 rings (SSSR count). The molecule has 2 bridgehead atoms. The summed E-state index contributed by atoms with van der Waals surface area (Å²) in [6.07, 6.45) is 1.45. The molecule has 6 nitrogen and oxygen atoms in total. The standard InChI is InChI=1S/C19H19F3N2O4S/c1-29(25,26)28-18-17-12-7-5-11(6-8-12)16(17)15(10-23-18)24-13-3-2-4-14(9-13)27-19(20,21)22/h2-4,9-12,24H,5-8H2,1H3. The van der Waals surface area contributed by atoms with Gasteiger partial charge in [-0.2, -0.15) is 8.42 Å². The van der Waals surface area contributed by atoms with Crippen molar-refractivity contribution in [2.24, 2.45) is 0 Å². The van der Waals surface area contributed by atoms with Crippen molar-refractivity contribution in [3.63, 3.8) is 0 Å². The number of hydrogen-bond donors (Lipinski definition) is 1. The maximum absolute atomic E-state index is 12.5. The number of fused-ring (bicyclic) bond motifs is 2. The molecule has 0 amide bonds. The molecule has 0 spiro atoms. The molecule has 0 radical (unpaired) electrons. The minimum absolute atomic E-state index is 0.0941. The van der Waals surface area contributed by atoms with Gasteiger partial charge in [-0.25, -0.2) is 4.98 Å². The number of ether oxygens (including phenoxy) is 1. The first-order chi connectivity index (χ1) is 13.6. The normalized spacial score (nSPS) is 20.8. The van der Waals surface area contributed by atoms with Crippen LogP contribution >= 0.6 is 0 Å². The van der Waals surface area contributed by atoms with Gasteiger partial charge in [0.25, 0.3) is 0 Å². The predicted octanol–water partition coefficient (Wildman–Crippen LogP) is 4.82. The number of aromatic nitrogens is 1. The van der Waals surface area contributed by atoms with Crippen molar-refractivity contribution in [3.05, 3.63) is 41.6 Å². The lowest BCUT2D eigenvalue weighted by molar-refractivity contribution is -0.274. The summed E-state index contributed by atoms with van der Waals surface area (Å²) in [7, 11) is -3.73. The lowest BCUT2D eigenvalue weighted by Crippen LogP contribution is -2.25. The fourth-order valence-corrected chi connectivity index (χ4v) is 4.68. The second kappa shape index (κ2) is 7.08. The third kappa shape index (κ3) is 4.42. The number of benzene rings is 1. The number of anilines is 2. The number of halogens is 3. The molecule has 0 aliphatic heterocycles. The van der Waals surface area contributed by atoms with E-state index >= 15 is 0 Å². The van der Waals surface area contributed by atoms with E-state index in [0.29, 0.717) is 11.4 Å². The van der Waals surface area contributed by atoms with Gasteiger partial charge >= 0.3 is 16.5 Å². The molecule has 1 saturated carbocycles. The van der Waals surface area contributed by atoms with Crippen LogP contribution in [0.2, 0.25) is 0 Å². The van der Waals surface area contributed by atoms with Crippen molar-refractivity contribution in [2.45, 2.75) is 43.9 Å². The lowest BCUT2D eigenvalue weighted by Gasteiger charge is -2.39. The van der Waals surface area contributed by atoms with Gasteiger partial charge in [0.2, 0.25) is 5.88 Å². The smallest absolute Gasteiger partial charge is 0.406 e. The quantitative estimate of drug-likeness (QED) is 0.689. The second-order valence-corrected chi connectivity index (χ2v) is 8.92. The molecule has 1 fully saturated rings. The number of rotatable bonds is 5. The van der Waals surface area contributed by atoms with Gasteiger partial charge in [-0.05, 0) is 55.2 Å². The Kier molecular flexibility index (Phi) is 4.84. The maximum atomic E-state index is 12.5. The van der Waals surface area contributed by atoms with Crippen LogP contribution in [-0.4, -0.2) is 26.0 Å². The van der Waals surface area contributed by atoms with E-state index in [1.165, 1.54) is 24.4 Å². The Hall–Kier alpha value is -2.49. The van der Waals surface area contributed by atoms with Gasteiger partial charge in [0.15, 0.2) is 0 Å². The average Bonchev–Trinajstić information content (AvgIpc) is 2.62. The van der Waals surface area contributed by atoms with E-state index in [0.717, 1.165) is 43.1 Å². The largest absolute Gasteiger partial charge is 0.573 e. The first-order valence-electron chi connectivity index (χ1n) is 9.14. The Balaban J connectivity index is 1.71. The van der Waals surface area contributed by atoms with Crippen LogP contribution in [0.5, 0.6) is 11.6 Å². The van der Waals surface area contributed by atoms with Crippen LogP contribution in [0.4, 0.5) is 24.5 Å². The molecule has 156 valence electrons. The molecule has 0 unspecified atom stereocenters. The molecule has 0 atom stereocenters. The van der Waals surface area contributed by atoms with E-state index in [4.69, 9.17) is 4.18 Å². The van der Waals surface area contributed by atoms with Gasteiger partial charge in [0, 0.05) is 17.3 Å². The summed E-state index contributed by atoms with van der Waals surface area (Å²) in [6, 6.07) is 5.55. The van der Waals surface area contributed by atoms with Crippen molar-refractivity contribution < 1.29 is 30.5 Å². The maximum Gasteiger partial charge on any atom is 0.573 e. The summed E-state index contributed by atoms with van der Waals surface area (Å²) in [4.78, 5) is 4.20. The molecule has 3 aliphatic rings. The Morgan fingerprint density at radius 1 is 1.10 bits per heavy atom.